The lowest BCUT2D eigenvalue weighted by molar-refractivity contribution is -0.122. The van der Waals surface area contributed by atoms with E-state index >= 15 is 0 Å². The fraction of sp³-hybridized carbons (Fsp3) is 0.948. The van der Waals surface area contributed by atoms with Crippen LogP contribution in [0.25, 0.3) is 0 Å². The molecule has 3 amide bonds. The predicted octanol–water partition coefficient (Wildman–Crippen LogP) is 14.7. The van der Waals surface area contributed by atoms with Crippen LogP contribution in [0.1, 0.15) is 297 Å². The van der Waals surface area contributed by atoms with Crippen LogP contribution in [-0.4, -0.2) is 86.7 Å². The summed E-state index contributed by atoms with van der Waals surface area (Å²) in [6.45, 7) is 15.9. The molecule has 0 radical (unpaired) electrons. The van der Waals surface area contributed by atoms with Gasteiger partial charge in [0.25, 0.3) is 0 Å². The Balaban J connectivity index is 0. The zero-order valence-corrected chi connectivity index (χ0v) is 45.7. The Morgan fingerprint density at radius 2 is 0.567 bits per heavy atom. The fourth-order valence-electron chi connectivity index (χ4n) is 8.62. The molecule has 0 atom stereocenters. The summed E-state index contributed by atoms with van der Waals surface area (Å²) < 4.78 is 0. The number of aliphatic hydroxyl groups is 1. The van der Waals surface area contributed by atoms with Crippen molar-refractivity contribution in [2.24, 2.45) is 0 Å². The van der Waals surface area contributed by atoms with Gasteiger partial charge in [0, 0.05) is 65.1 Å². The van der Waals surface area contributed by atoms with Crippen molar-refractivity contribution in [1.29, 1.82) is 0 Å². The van der Waals surface area contributed by atoms with Gasteiger partial charge in [-0.05, 0) is 51.6 Å². The lowest BCUT2D eigenvalue weighted by Gasteiger charge is -2.22. The summed E-state index contributed by atoms with van der Waals surface area (Å²) in [5.41, 5.74) is 0. The minimum Gasteiger partial charge on any atom is -0.396 e. The van der Waals surface area contributed by atoms with Crippen molar-refractivity contribution in [2.75, 3.05) is 59.0 Å². The van der Waals surface area contributed by atoms with E-state index in [1.54, 1.807) is 0 Å². The van der Waals surface area contributed by atoms with Crippen molar-refractivity contribution in [1.82, 2.24) is 26.2 Å². The number of carbonyl (C=O) groups excluding carboxylic acids is 3. The van der Waals surface area contributed by atoms with Gasteiger partial charge in [0.2, 0.25) is 17.7 Å². The Labute approximate surface area is 418 Å². The van der Waals surface area contributed by atoms with E-state index in [2.05, 4.69) is 53.9 Å². The highest BCUT2D eigenvalue weighted by atomic mass is 16.3. The molecule has 0 rings (SSSR count). The fourth-order valence-corrected chi connectivity index (χ4v) is 8.62. The van der Waals surface area contributed by atoms with Crippen LogP contribution < -0.4 is 21.3 Å². The van der Waals surface area contributed by atoms with Gasteiger partial charge in [0.1, 0.15) is 0 Å². The molecule has 0 saturated heterocycles. The minimum atomic E-state index is 0.126. The molecule has 0 aromatic heterocycles. The second-order valence-electron chi connectivity index (χ2n) is 20.0. The summed E-state index contributed by atoms with van der Waals surface area (Å²) in [5.74, 6) is 0.456. The number of hydrogen-bond acceptors (Lipinski definition) is 6. The molecule has 0 aliphatic rings. The molecule has 0 unspecified atom stereocenters. The zero-order chi connectivity index (χ0) is 49.2. The first-order valence-electron chi connectivity index (χ1n) is 29.8. The Kier molecular flexibility index (Phi) is 60.7. The average molecular weight is 951 g/mol. The number of rotatable bonds is 54. The van der Waals surface area contributed by atoms with Gasteiger partial charge < -0.3 is 31.3 Å². The third-order valence-electron chi connectivity index (χ3n) is 13.2. The molecule has 0 fully saturated rings. The highest BCUT2D eigenvalue weighted by Crippen LogP contribution is 2.13. The van der Waals surface area contributed by atoms with Crippen LogP contribution in [0.4, 0.5) is 0 Å². The van der Waals surface area contributed by atoms with E-state index in [-0.39, 0.29) is 24.3 Å². The van der Waals surface area contributed by atoms with E-state index in [4.69, 9.17) is 5.11 Å². The van der Waals surface area contributed by atoms with Gasteiger partial charge in [0.15, 0.2) is 0 Å². The molecule has 0 aliphatic heterocycles. The van der Waals surface area contributed by atoms with Gasteiger partial charge in [-0.25, -0.2) is 0 Å². The molecule has 67 heavy (non-hydrogen) atoms. The zero-order valence-electron chi connectivity index (χ0n) is 45.7. The van der Waals surface area contributed by atoms with E-state index in [0.717, 1.165) is 84.2 Å². The number of carbonyl (C=O) groups is 3. The molecule has 0 bridgehead atoms. The molecule has 0 aliphatic carbocycles. The predicted molar refractivity (Wildman–Crippen MR) is 292 cm³/mol. The van der Waals surface area contributed by atoms with Crippen LogP contribution in [0.2, 0.25) is 0 Å². The monoisotopic (exact) mass is 950 g/mol. The Bertz CT molecular complexity index is 943. The number of nitrogens with one attached hydrogen (secondary N) is 4. The number of hydrogen-bond donors (Lipinski definition) is 5. The van der Waals surface area contributed by atoms with E-state index in [9.17, 15) is 14.4 Å². The van der Waals surface area contributed by atoms with Gasteiger partial charge in [-0.2, -0.15) is 0 Å². The van der Waals surface area contributed by atoms with Crippen molar-refractivity contribution < 1.29 is 19.5 Å². The Morgan fingerprint density at radius 3 is 0.896 bits per heavy atom. The molecule has 0 aromatic rings. The molecular weight excluding hydrogens is 831 g/mol. The van der Waals surface area contributed by atoms with Crippen molar-refractivity contribution in [3.8, 4) is 0 Å². The van der Waals surface area contributed by atoms with Crippen molar-refractivity contribution in [2.45, 2.75) is 297 Å². The lowest BCUT2D eigenvalue weighted by atomic mass is 10.1. The van der Waals surface area contributed by atoms with Gasteiger partial charge in [0.05, 0.1) is 0 Å². The molecule has 0 aromatic carbocycles. The summed E-state index contributed by atoms with van der Waals surface area (Å²) in [6.07, 6.45) is 51.6. The second kappa shape index (κ2) is 60.4. The first-order chi connectivity index (χ1) is 32.9. The van der Waals surface area contributed by atoms with Crippen LogP contribution >= 0.6 is 0 Å². The van der Waals surface area contributed by atoms with Crippen LogP contribution in [0, 0.1) is 0 Å². The molecule has 0 heterocycles. The molecule has 0 spiro atoms. The Hall–Kier alpha value is -1.71. The third-order valence-corrected chi connectivity index (χ3v) is 13.2. The molecule has 9 nitrogen and oxygen atoms in total. The maximum Gasteiger partial charge on any atom is 0.221 e. The summed E-state index contributed by atoms with van der Waals surface area (Å²) in [6, 6.07) is 0. The highest BCUT2D eigenvalue weighted by Gasteiger charge is 2.11. The third kappa shape index (κ3) is 60.4. The Morgan fingerprint density at radius 1 is 0.299 bits per heavy atom. The van der Waals surface area contributed by atoms with Gasteiger partial charge >= 0.3 is 0 Å². The van der Waals surface area contributed by atoms with Crippen LogP contribution in [0.15, 0.2) is 0 Å². The number of aliphatic hydroxyl groups excluding tert-OH is 1. The molecular formula is C58H119N5O4. The van der Waals surface area contributed by atoms with E-state index in [0.29, 0.717) is 32.4 Å². The molecule has 0 saturated carbocycles. The van der Waals surface area contributed by atoms with Gasteiger partial charge in [-0.1, -0.05) is 240 Å². The minimum absolute atomic E-state index is 0.126. The van der Waals surface area contributed by atoms with Crippen LogP contribution in [-0.2, 0) is 14.4 Å². The first kappa shape index (κ1) is 67.4. The maximum absolute atomic E-state index is 12.4. The quantitative estimate of drug-likeness (QED) is 0.0387. The summed E-state index contributed by atoms with van der Waals surface area (Å²) in [7, 11) is 0. The summed E-state index contributed by atoms with van der Waals surface area (Å²) in [4.78, 5) is 38.9. The summed E-state index contributed by atoms with van der Waals surface area (Å²) in [5, 5.41) is 21.7. The summed E-state index contributed by atoms with van der Waals surface area (Å²) >= 11 is 0. The number of nitrogens with zero attached hydrogens (tertiary/aromatic N) is 1. The number of amides is 3. The molecule has 9 heteroatoms. The molecule has 400 valence electrons. The van der Waals surface area contributed by atoms with E-state index in [1.807, 2.05) is 0 Å². The SMILES string of the molecule is CCCCCCCCCCCCNC(=O)CCN(CCCCCCO)CCC(=O)NCCCCCCCCCCCC.CCCCCCCCCCCCNC(=O)CCNCCCCCCC. The van der Waals surface area contributed by atoms with Gasteiger partial charge in [-0.15, -0.1) is 0 Å². The standard InChI is InChI=1S/C36H73N3O3.C22H46N2O/c1-3-5-7-9-11-13-15-17-19-23-29-37-35(41)27-32-39(31-25-21-22-26-34-40)33-28-36(42)38-30-24-20-18-16-14-12-10-8-6-4-2;1-3-5-7-9-10-11-12-13-15-17-20-24-22(25)18-21-23-19-16-14-8-6-4-2/h40H,3-34H2,1-2H3,(H,37,41)(H,38,42);23H,3-21H2,1-2H3,(H,24,25). The smallest absolute Gasteiger partial charge is 0.221 e. The van der Waals surface area contributed by atoms with Gasteiger partial charge in [-0.3, -0.25) is 14.4 Å². The van der Waals surface area contributed by atoms with E-state index < -0.39 is 0 Å². The van der Waals surface area contributed by atoms with Crippen molar-refractivity contribution >= 4 is 17.7 Å². The van der Waals surface area contributed by atoms with Crippen molar-refractivity contribution in [3.05, 3.63) is 0 Å². The number of unbranched alkanes of at least 4 members (excludes halogenated alkanes) is 34. The molecule has 5 N–H and O–H groups in total. The van der Waals surface area contributed by atoms with Crippen LogP contribution in [0.3, 0.4) is 0 Å². The lowest BCUT2D eigenvalue weighted by Crippen LogP contribution is -2.35. The largest absolute Gasteiger partial charge is 0.396 e. The maximum atomic E-state index is 12.4. The second-order valence-corrected chi connectivity index (χ2v) is 20.0. The average Bonchev–Trinajstić information content (AvgIpc) is 3.33. The normalized spacial score (nSPS) is 11.2. The van der Waals surface area contributed by atoms with Crippen LogP contribution in [0.5, 0.6) is 0 Å². The highest BCUT2D eigenvalue weighted by molar-refractivity contribution is 5.77. The topological polar surface area (TPSA) is 123 Å². The van der Waals surface area contributed by atoms with Crippen molar-refractivity contribution in [3.63, 3.8) is 0 Å². The van der Waals surface area contributed by atoms with E-state index in [1.165, 1.54) is 205 Å². The first-order valence-corrected chi connectivity index (χ1v) is 29.8.